The van der Waals surface area contributed by atoms with Crippen LogP contribution in [0.1, 0.15) is 34.0 Å². The Labute approximate surface area is 147 Å². The summed E-state index contributed by atoms with van der Waals surface area (Å²) in [4.78, 5) is 22.8. The summed E-state index contributed by atoms with van der Waals surface area (Å²) >= 11 is 6.17. The molecule has 2 heterocycles. The number of ether oxygens (including phenoxy) is 3. The fourth-order valence-corrected chi connectivity index (χ4v) is 3.30. The van der Waals surface area contributed by atoms with E-state index in [4.69, 9.17) is 25.8 Å². The zero-order valence-electron chi connectivity index (χ0n) is 12.9. The number of nitro groups is 1. The molecule has 25 heavy (non-hydrogen) atoms. The van der Waals surface area contributed by atoms with Gasteiger partial charge in [0.05, 0.1) is 23.5 Å². The van der Waals surface area contributed by atoms with Crippen molar-refractivity contribution in [2.75, 3.05) is 6.79 Å². The lowest BCUT2D eigenvalue weighted by Gasteiger charge is -2.29. The third-order valence-corrected chi connectivity index (χ3v) is 4.38. The van der Waals surface area contributed by atoms with Gasteiger partial charge in [0.25, 0.3) is 5.69 Å². The molecule has 0 fully saturated rings. The van der Waals surface area contributed by atoms with Crippen molar-refractivity contribution in [1.29, 1.82) is 0 Å². The monoisotopic (exact) mass is 361 g/mol. The topological polar surface area (TPSA) is 87.9 Å². The normalized spacial score (nSPS) is 18.6. The Morgan fingerprint density at radius 3 is 2.88 bits per heavy atom. The number of benzene rings is 2. The number of nitrogens with zero attached hydrogens (tertiary/aromatic N) is 1. The van der Waals surface area contributed by atoms with Gasteiger partial charge in [0.15, 0.2) is 12.6 Å². The van der Waals surface area contributed by atoms with E-state index >= 15 is 0 Å². The van der Waals surface area contributed by atoms with Gasteiger partial charge in [-0.3, -0.25) is 14.9 Å². The van der Waals surface area contributed by atoms with Gasteiger partial charge < -0.3 is 14.2 Å². The van der Waals surface area contributed by atoms with E-state index in [9.17, 15) is 14.9 Å². The predicted octanol–water partition coefficient (Wildman–Crippen LogP) is 3.82. The summed E-state index contributed by atoms with van der Waals surface area (Å²) in [5.74, 6) is 0.696. The lowest BCUT2D eigenvalue weighted by atomic mass is 9.94. The van der Waals surface area contributed by atoms with Crippen LogP contribution in [0, 0.1) is 10.1 Å². The van der Waals surface area contributed by atoms with E-state index in [1.54, 1.807) is 12.1 Å². The molecule has 0 saturated carbocycles. The van der Waals surface area contributed by atoms with Crippen molar-refractivity contribution in [3.8, 4) is 11.5 Å². The Kier molecular flexibility index (Phi) is 3.82. The van der Waals surface area contributed by atoms with Crippen LogP contribution in [-0.4, -0.2) is 17.5 Å². The Balaban J connectivity index is 1.74. The van der Waals surface area contributed by atoms with Crippen molar-refractivity contribution < 1.29 is 23.9 Å². The first kappa shape index (κ1) is 15.9. The fourth-order valence-electron chi connectivity index (χ4n) is 3.05. The van der Waals surface area contributed by atoms with Crippen molar-refractivity contribution >= 4 is 23.1 Å². The molecule has 4 rings (SSSR count). The summed E-state index contributed by atoms with van der Waals surface area (Å²) in [6.45, 7) is 0.484. The zero-order valence-corrected chi connectivity index (χ0v) is 13.6. The average Bonchev–Trinajstić information content (AvgIpc) is 2.60. The molecule has 0 N–H and O–H groups in total. The summed E-state index contributed by atoms with van der Waals surface area (Å²) < 4.78 is 16.8. The Bertz CT molecular complexity index is 897. The van der Waals surface area contributed by atoms with Crippen LogP contribution < -0.4 is 9.47 Å². The molecule has 2 aromatic carbocycles. The van der Waals surface area contributed by atoms with Gasteiger partial charge in [0.2, 0.25) is 0 Å². The quantitative estimate of drug-likeness (QED) is 0.596. The van der Waals surface area contributed by atoms with Gasteiger partial charge >= 0.3 is 0 Å². The minimum Gasteiger partial charge on any atom is -0.484 e. The number of hydrogen-bond acceptors (Lipinski definition) is 6. The third kappa shape index (κ3) is 2.81. The molecular formula is C17H12ClNO6. The minimum atomic E-state index is -0.577. The lowest BCUT2D eigenvalue weighted by molar-refractivity contribution is -0.384. The van der Waals surface area contributed by atoms with Crippen LogP contribution in [0.5, 0.6) is 11.5 Å². The van der Waals surface area contributed by atoms with Crippen molar-refractivity contribution in [3.05, 3.63) is 62.2 Å². The summed E-state index contributed by atoms with van der Waals surface area (Å²) in [6.07, 6.45) is -0.530. The summed E-state index contributed by atoms with van der Waals surface area (Å²) in [5, 5.41) is 11.4. The van der Waals surface area contributed by atoms with Crippen LogP contribution >= 0.6 is 11.6 Å². The van der Waals surface area contributed by atoms with Gasteiger partial charge in [-0.2, -0.15) is 0 Å². The molecule has 1 unspecified atom stereocenters. The molecule has 0 amide bonds. The summed E-state index contributed by atoms with van der Waals surface area (Å²) in [6, 6.07) is 7.46. The molecule has 7 nitrogen and oxygen atoms in total. The number of halogens is 1. The smallest absolute Gasteiger partial charge is 0.270 e. The standard InChI is InChI=1S/C17H12ClNO6/c18-10-3-9-7-23-8-24-17(9)13(4-10)16-6-14(20)12-5-11(19(21)22)1-2-15(12)25-16/h1-5,16H,6-8H2. The Morgan fingerprint density at radius 2 is 2.08 bits per heavy atom. The molecule has 1 atom stereocenters. The maximum absolute atomic E-state index is 12.5. The van der Waals surface area contributed by atoms with Gasteiger partial charge in [-0.1, -0.05) is 11.6 Å². The van der Waals surface area contributed by atoms with E-state index in [1.165, 1.54) is 18.2 Å². The van der Waals surface area contributed by atoms with Crippen LogP contribution in [0.4, 0.5) is 5.69 Å². The molecule has 2 aliphatic heterocycles. The molecule has 8 heteroatoms. The molecule has 2 aliphatic rings. The molecular weight excluding hydrogens is 350 g/mol. The third-order valence-electron chi connectivity index (χ3n) is 4.16. The second kappa shape index (κ2) is 6.02. The van der Waals surface area contributed by atoms with E-state index < -0.39 is 11.0 Å². The van der Waals surface area contributed by atoms with E-state index in [0.717, 1.165) is 5.56 Å². The molecule has 0 aliphatic carbocycles. The Hall–Kier alpha value is -2.64. The largest absolute Gasteiger partial charge is 0.484 e. The number of rotatable bonds is 2. The number of Topliss-reactive ketones (excluding diaryl/α,β-unsaturated/α-hetero) is 1. The van der Waals surface area contributed by atoms with E-state index in [1.807, 2.05) is 0 Å². The van der Waals surface area contributed by atoms with Crippen LogP contribution in [0.15, 0.2) is 30.3 Å². The predicted molar refractivity (Wildman–Crippen MR) is 87.1 cm³/mol. The highest BCUT2D eigenvalue weighted by atomic mass is 35.5. The summed E-state index contributed by atoms with van der Waals surface area (Å²) in [7, 11) is 0. The molecule has 0 spiro atoms. The SMILES string of the molecule is O=C1CC(c2cc(Cl)cc3c2OCOC3)Oc2ccc([N+](=O)[O-])cc21. The first-order chi connectivity index (χ1) is 12.0. The number of carbonyl (C=O) groups is 1. The molecule has 2 aromatic rings. The van der Waals surface area contributed by atoms with Gasteiger partial charge in [0, 0.05) is 28.3 Å². The van der Waals surface area contributed by atoms with Crippen LogP contribution in [-0.2, 0) is 11.3 Å². The van der Waals surface area contributed by atoms with E-state index in [-0.39, 0.29) is 30.2 Å². The number of hydrogen-bond donors (Lipinski definition) is 0. The van der Waals surface area contributed by atoms with Crippen molar-refractivity contribution in [2.24, 2.45) is 0 Å². The molecule has 0 aromatic heterocycles. The van der Waals surface area contributed by atoms with Gasteiger partial charge in [-0.25, -0.2) is 0 Å². The lowest BCUT2D eigenvalue weighted by Crippen LogP contribution is -2.23. The highest BCUT2D eigenvalue weighted by molar-refractivity contribution is 6.30. The number of non-ortho nitro benzene ring substituents is 1. The first-order valence-corrected chi connectivity index (χ1v) is 7.92. The van der Waals surface area contributed by atoms with Crippen molar-refractivity contribution in [1.82, 2.24) is 0 Å². The van der Waals surface area contributed by atoms with Gasteiger partial charge in [0.1, 0.15) is 17.6 Å². The van der Waals surface area contributed by atoms with Gasteiger partial charge in [-0.05, 0) is 18.2 Å². The van der Waals surface area contributed by atoms with E-state index in [0.29, 0.717) is 28.7 Å². The second-order valence-corrected chi connectivity index (χ2v) is 6.20. The molecule has 0 radical (unpaired) electrons. The first-order valence-electron chi connectivity index (χ1n) is 7.54. The van der Waals surface area contributed by atoms with E-state index in [2.05, 4.69) is 0 Å². The number of fused-ring (bicyclic) bond motifs is 2. The number of nitro benzene ring substituents is 1. The van der Waals surface area contributed by atoms with Crippen LogP contribution in [0.3, 0.4) is 0 Å². The molecule has 0 bridgehead atoms. The van der Waals surface area contributed by atoms with Crippen LogP contribution in [0.2, 0.25) is 5.02 Å². The van der Waals surface area contributed by atoms with Crippen molar-refractivity contribution in [2.45, 2.75) is 19.1 Å². The highest BCUT2D eigenvalue weighted by Crippen LogP contribution is 2.42. The maximum atomic E-state index is 12.5. The van der Waals surface area contributed by atoms with Crippen LogP contribution in [0.25, 0.3) is 0 Å². The number of ketones is 1. The highest BCUT2D eigenvalue weighted by Gasteiger charge is 2.32. The molecule has 128 valence electrons. The molecule has 0 saturated heterocycles. The van der Waals surface area contributed by atoms with Gasteiger partial charge in [-0.15, -0.1) is 0 Å². The maximum Gasteiger partial charge on any atom is 0.270 e. The number of carbonyl (C=O) groups excluding carboxylic acids is 1. The van der Waals surface area contributed by atoms with Crippen molar-refractivity contribution in [3.63, 3.8) is 0 Å². The average molecular weight is 362 g/mol. The Morgan fingerprint density at radius 1 is 1.24 bits per heavy atom. The zero-order chi connectivity index (χ0) is 17.6. The fraction of sp³-hybridized carbons (Fsp3) is 0.235. The summed E-state index contributed by atoms with van der Waals surface area (Å²) in [5.41, 5.74) is 1.53. The minimum absolute atomic E-state index is 0.0468. The second-order valence-electron chi connectivity index (χ2n) is 5.77.